The van der Waals surface area contributed by atoms with Gasteiger partial charge in [-0.05, 0) is 61.7 Å². The smallest absolute Gasteiger partial charge is 0.0780 e. The summed E-state index contributed by atoms with van der Waals surface area (Å²) in [6, 6.07) is 4.70. The minimum absolute atomic E-state index is 0.276. The molecule has 2 heterocycles. The molecule has 0 amide bonds. The number of fused-ring (bicyclic) bond motifs is 1. The molecule has 2 aromatic rings. The van der Waals surface area contributed by atoms with E-state index in [4.69, 9.17) is 11.6 Å². The maximum absolute atomic E-state index is 6.37. The van der Waals surface area contributed by atoms with Crippen molar-refractivity contribution in [2.45, 2.75) is 45.1 Å². The molecule has 2 aromatic heterocycles. The highest BCUT2D eigenvalue weighted by atomic mass is 35.5. The molecule has 1 atom stereocenters. The van der Waals surface area contributed by atoms with E-state index in [0.717, 1.165) is 18.0 Å². The van der Waals surface area contributed by atoms with Crippen LogP contribution in [0.3, 0.4) is 0 Å². The summed E-state index contributed by atoms with van der Waals surface area (Å²) < 4.78 is 0. The zero-order valence-corrected chi connectivity index (χ0v) is 14.1. The SMILES string of the molecule is CCCNC(c1cc2c(s1)CCCC2)c1sccc1Cl. The molecule has 1 N–H and O–H groups in total. The predicted molar refractivity (Wildman–Crippen MR) is 90.4 cm³/mol. The second kappa shape index (κ2) is 6.61. The molecule has 0 aliphatic heterocycles. The van der Waals surface area contributed by atoms with Crippen LogP contribution in [0.2, 0.25) is 5.02 Å². The lowest BCUT2D eigenvalue weighted by atomic mass is 9.98. The van der Waals surface area contributed by atoms with E-state index in [1.165, 1.54) is 35.4 Å². The molecular weight excluding hydrogens is 306 g/mol. The van der Waals surface area contributed by atoms with Crippen LogP contribution in [-0.4, -0.2) is 6.54 Å². The quantitative estimate of drug-likeness (QED) is 0.772. The van der Waals surface area contributed by atoms with E-state index in [9.17, 15) is 0 Å². The number of hydrogen-bond acceptors (Lipinski definition) is 3. The molecule has 0 aromatic carbocycles. The highest BCUT2D eigenvalue weighted by Crippen LogP contribution is 2.39. The molecule has 3 rings (SSSR count). The van der Waals surface area contributed by atoms with Crippen molar-refractivity contribution < 1.29 is 0 Å². The van der Waals surface area contributed by atoms with Crippen LogP contribution in [0.15, 0.2) is 17.5 Å². The maximum Gasteiger partial charge on any atom is 0.0780 e. The van der Waals surface area contributed by atoms with E-state index in [1.807, 2.05) is 17.4 Å². The summed E-state index contributed by atoms with van der Waals surface area (Å²) in [5.41, 5.74) is 1.58. The number of hydrogen-bond donors (Lipinski definition) is 1. The van der Waals surface area contributed by atoms with Crippen molar-refractivity contribution in [3.8, 4) is 0 Å². The summed E-state index contributed by atoms with van der Waals surface area (Å²) in [5, 5.41) is 6.66. The number of aryl methyl sites for hydroxylation is 2. The summed E-state index contributed by atoms with van der Waals surface area (Å²) >= 11 is 10.1. The topological polar surface area (TPSA) is 12.0 Å². The largest absolute Gasteiger partial charge is 0.305 e. The first-order chi connectivity index (χ1) is 9.79. The van der Waals surface area contributed by atoms with Crippen molar-refractivity contribution in [2.24, 2.45) is 0 Å². The van der Waals surface area contributed by atoms with E-state index in [-0.39, 0.29) is 6.04 Å². The fraction of sp³-hybridized carbons (Fsp3) is 0.500. The maximum atomic E-state index is 6.37. The summed E-state index contributed by atoms with van der Waals surface area (Å²) in [5.74, 6) is 0. The van der Waals surface area contributed by atoms with Crippen molar-refractivity contribution in [3.63, 3.8) is 0 Å². The summed E-state index contributed by atoms with van der Waals surface area (Å²) in [7, 11) is 0. The first-order valence-electron chi connectivity index (χ1n) is 7.37. The number of rotatable bonds is 5. The van der Waals surface area contributed by atoms with Crippen LogP contribution in [0.5, 0.6) is 0 Å². The van der Waals surface area contributed by atoms with Gasteiger partial charge in [-0.25, -0.2) is 0 Å². The minimum atomic E-state index is 0.276. The van der Waals surface area contributed by atoms with Gasteiger partial charge in [0.25, 0.3) is 0 Å². The van der Waals surface area contributed by atoms with E-state index >= 15 is 0 Å². The number of thiophene rings is 2. The highest BCUT2D eigenvalue weighted by molar-refractivity contribution is 7.13. The molecule has 0 bridgehead atoms. The van der Waals surface area contributed by atoms with Gasteiger partial charge in [0.05, 0.1) is 11.1 Å². The lowest BCUT2D eigenvalue weighted by Gasteiger charge is -2.16. The Balaban J connectivity index is 1.92. The molecule has 4 heteroatoms. The molecule has 1 aliphatic carbocycles. The van der Waals surface area contributed by atoms with Crippen molar-refractivity contribution in [1.82, 2.24) is 5.32 Å². The zero-order chi connectivity index (χ0) is 13.9. The zero-order valence-electron chi connectivity index (χ0n) is 11.7. The molecule has 0 spiro atoms. The van der Waals surface area contributed by atoms with E-state index in [0.29, 0.717) is 0 Å². The van der Waals surface area contributed by atoms with Gasteiger partial charge in [0.2, 0.25) is 0 Å². The Morgan fingerprint density at radius 1 is 1.35 bits per heavy atom. The van der Waals surface area contributed by atoms with Crippen LogP contribution in [0.1, 0.15) is 52.4 Å². The lowest BCUT2D eigenvalue weighted by Crippen LogP contribution is -2.21. The van der Waals surface area contributed by atoms with Crippen molar-refractivity contribution in [2.75, 3.05) is 6.54 Å². The monoisotopic (exact) mass is 325 g/mol. The van der Waals surface area contributed by atoms with Gasteiger partial charge < -0.3 is 5.32 Å². The molecular formula is C16H20ClNS2. The molecule has 108 valence electrons. The van der Waals surface area contributed by atoms with Gasteiger partial charge in [-0.2, -0.15) is 0 Å². The van der Waals surface area contributed by atoms with Gasteiger partial charge in [-0.3, -0.25) is 0 Å². The van der Waals surface area contributed by atoms with Crippen molar-refractivity contribution in [3.05, 3.63) is 42.7 Å². The Hall–Kier alpha value is -0.350. The van der Waals surface area contributed by atoms with Crippen LogP contribution in [-0.2, 0) is 12.8 Å². The fourth-order valence-corrected chi connectivity index (χ4v) is 5.45. The van der Waals surface area contributed by atoms with Crippen LogP contribution < -0.4 is 5.32 Å². The molecule has 0 saturated heterocycles. The molecule has 0 radical (unpaired) electrons. The molecule has 0 fully saturated rings. The van der Waals surface area contributed by atoms with Gasteiger partial charge in [0.15, 0.2) is 0 Å². The van der Waals surface area contributed by atoms with Crippen LogP contribution in [0.4, 0.5) is 0 Å². The Morgan fingerprint density at radius 2 is 2.20 bits per heavy atom. The summed E-state index contributed by atoms with van der Waals surface area (Å²) in [6.07, 6.45) is 6.35. The van der Waals surface area contributed by atoms with Gasteiger partial charge in [0.1, 0.15) is 0 Å². The molecule has 1 unspecified atom stereocenters. The fourth-order valence-electron chi connectivity index (χ4n) is 2.78. The van der Waals surface area contributed by atoms with Crippen LogP contribution in [0.25, 0.3) is 0 Å². The molecule has 1 nitrogen and oxygen atoms in total. The number of halogens is 1. The van der Waals surface area contributed by atoms with Gasteiger partial charge >= 0.3 is 0 Å². The van der Waals surface area contributed by atoms with Crippen LogP contribution >= 0.6 is 34.3 Å². The average Bonchev–Trinajstić information content (AvgIpc) is 3.06. The lowest BCUT2D eigenvalue weighted by molar-refractivity contribution is 0.612. The summed E-state index contributed by atoms with van der Waals surface area (Å²) in [4.78, 5) is 4.30. The molecule has 20 heavy (non-hydrogen) atoms. The van der Waals surface area contributed by atoms with Crippen LogP contribution in [0, 0.1) is 0 Å². The summed E-state index contributed by atoms with van der Waals surface area (Å²) in [6.45, 7) is 3.24. The van der Waals surface area contributed by atoms with E-state index in [2.05, 4.69) is 23.7 Å². The third-order valence-corrected chi connectivity index (χ3v) is 6.53. The van der Waals surface area contributed by atoms with Crippen molar-refractivity contribution >= 4 is 34.3 Å². The van der Waals surface area contributed by atoms with Crippen molar-refractivity contribution in [1.29, 1.82) is 0 Å². The van der Waals surface area contributed by atoms with E-state index < -0.39 is 0 Å². The van der Waals surface area contributed by atoms with E-state index in [1.54, 1.807) is 21.8 Å². The Kier molecular flexibility index (Phi) is 4.82. The standard InChI is InChI=1S/C16H20ClNS2/c1-2-8-18-15(16-12(17)7-9-19-16)14-10-11-5-3-4-6-13(11)20-14/h7,9-10,15,18H,2-6,8H2,1H3. The second-order valence-electron chi connectivity index (χ2n) is 5.32. The van der Waals surface area contributed by atoms with Gasteiger partial charge in [0, 0.05) is 14.6 Å². The van der Waals surface area contributed by atoms with Gasteiger partial charge in [-0.15, -0.1) is 22.7 Å². The number of nitrogens with one attached hydrogen (secondary N) is 1. The Labute approximate surface area is 134 Å². The molecule has 0 saturated carbocycles. The minimum Gasteiger partial charge on any atom is -0.305 e. The third-order valence-electron chi connectivity index (χ3n) is 3.81. The normalized spacial score (nSPS) is 16.1. The first kappa shape index (κ1) is 14.6. The Bertz CT molecular complexity index is 549. The Morgan fingerprint density at radius 3 is 2.90 bits per heavy atom. The third kappa shape index (κ3) is 2.96. The first-order valence-corrected chi connectivity index (χ1v) is 9.44. The predicted octanol–water partition coefficient (Wildman–Crippen LogP) is 5.43. The average molecular weight is 326 g/mol. The molecule has 1 aliphatic rings. The highest BCUT2D eigenvalue weighted by Gasteiger charge is 2.22. The van der Waals surface area contributed by atoms with Gasteiger partial charge in [-0.1, -0.05) is 18.5 Å². The second-order valence-corrected chi connectivity index (χ2v) is 7.85.